The number of fused-ring (bicyclic) bond motifs is 1. The highest BCUT2D eigenvalue weighted by atomic mass is 16.6. The van der Waals surface area contributed by atoms with Crippen molar-refractivity contribution in [2.45, 2.75) is 32.1 Å². The number of nitrogens with one attached hydrogen (secondary N) is 2. The average molecular weight is 305 g/mol. The standard InChI is InChI=1S/C17H24N2O3/c20-17(13-19-8-4-2-1-3-5-9-19)18-14-6-7-15-16(12-14)22-11-10-21-15/h6-7,12H,1-5,8-11,13H2,(H,18,20)/p+1. The van der Waals surface area contributed by atoms with Crippen molar-refractivity contribution >= 4 is 11.6 Å². The van der Waals surface area contributed by atoms with Gasteiger partial charge in [-0.25, -0.2) is 0 Å². The summed E-state index contributed by atoms with van der Waals surface area (Å²) in [6.45, 7) is 3.90. The molecule has 1 fully saturated rings. The molecule has 1 saturated heterocycles. The number of ether oxygens (including phenoxy) is 2. The second kappa shape index (κ2) is 7.49. The van der Waals surface area contributed by atoms with E-state index in [1.54, 1.807) is 0 Å². The number of anilines is 1. The number of carbonyl (C=O) groups is 1. The van der Waals surface area contributed by atoms with Gasteiger partial charge in [-0.3, -0.25) is 4.79 Å². The Hall–Kier alpha value is -1.75. The number of quaternary nitrogens is 1. The summed E-state index contributed by atoms with van der Waals surface area (Å²) >= 11 is 0. The monoisotopic (exact) mass is 305 g/mol. The normalized spacial score (nSPS) is 19.1. The molecule has 0 atom stereocenters. The fraction of sp³-hybridized carbons (Fsp3) is 0.588. The van der Waals surface area contributed by atoms with Crippen molar-refractivity contribution in [2.75, 3.05) is 38.2 Å². The third kappa shape index (κ3) is 4.13. The van der Waals surface area contributed by atoms with Crippen LogP contribution in [-0.4, -0.2) is 38.8 Å². The Morgan fingerprint density at radius 2 is 1.68 bits per heavy atom. The summed E-state index contributed by atoms with van der Waals surface area (Å²) in [6, 6.07) is 5.57. The quantitative estimate of drug-likeness (QED) is 0.883. The second-order valence-electron chi connectivity index (χ2n) is 6.10. The minimum Gasteiger partial charge on any atom is -0.486 e. The van der Waals surface area contributed by atoms with Gasteiger partial charge in [0.15, 0.2) is 18.0 Å². The summed E-state index contributed by atoms with van der Waals surface area (Å²) in [6.07, 6.45) is 6.40. The van der Waals surface area contributed by atoms with Crippen LogP contribution in [0, 0.1) is 0 Å². The molecule has 0 aromatic heterocycles. The van der Waals surface area contributed by atoms with Crippen molar-refractivity contribution in [1.82, 2.24) is 0 Å². The molecule has 0 aliphatic carbocycles. The first-order valence-electron chi connectivity index (χ1n) is 8.34. The van der Waals surface area contributed by atoms with E-state index in [-0.39, 0.29) is 5.91 Å². The molecule has 0 saturated carbocycles. The lowest BCUT2D eigenvalue weighted by atomic mass is 10.1. The van der Waals surface area contributed by atoms with Crippen LogP contribution in [0.5, 0.6) is 11.5 Å². The molecule has 22 heavy (non-hydrogen) atoms. The van der Waals surface area contributed by atoms with E-state index in [1.807, 2.05) is 18.2 Å². The van der Waals surface area contributed by atoms with Gasteiger partial charge in [-0.15, -0.1) is 0 Å². The molecule has 2 N–H and O–H groups in total. The molecule has 0 bridgehead atoms. The molecule has 2 aliphatic heterocycles. The minimum atomic E-state index is 0.0762. The fourth-order valence-electron chi connectivity index (χ4n) is 3.14. The Balaban J connectivity index is 1.54. The third-order valence-electron chi connectivity index (χ3n) is 4.30. The van der Waals surface area contributed by atoms with Crippen molar-refractivity contribution in [3.8, 4) is 11.5 Å². The van der Waals surface area contributed by atoms with Crippen LogP contribution in [0.25, 0.3) is 0 Å². The maximum absolute atomic E-state index is 12.2. The Morgan fingerprint density at radius 1 is 1.00 bits per heavy atom. The lowest BCUT2D eigenvalue weighted by molar-refractivity contribution is -0.892. The van der Waals surface area contributed by atoms with Crippen LogP contribution in [-0.2, 0) is 4.79 Å². The van der Waals surface area contributed by atoms with Crippen molar-refractivity contribution < 1.29 is 19.2 Å². The highest BCUT2D eigenvalue weighted by Gasteiger charge is 2.17. The molecule has 1 aromatic carbocycles. The van der Waals surface area contributed by atoms with E-state index >= 15 is 0 Å². The van der Waals surface area contributed by atoms with Crippen LogP contribution < -0.4 is 19.7 Å². The van der Waals surface area contributed by atoms with E-state index in [9.17, 15) is 4.79 Å². The van der Waals surface area contributed by atoms with E-state index in [2.05, 4.69) is 5.32 Å². The van der Waals surface area contributed by atoms with Crippen LogP contribution in [0.1, 0.15) is 32.1 Å². The summed E-state index contributed by atoms with van der Waals surface area (Å²) in [5.41, 5.74) is 0.778. The van der Waals surface area contributed by atoms with Gasteiger partial charge in [-0.1, -0.05) is 6.42 Å². The lowest BCUT2D eigenvalue weighted by Crippen LogP contribution is -3.13. The molecule has 0 radical (unpaired) electrons. The first-order valence-corrected chi connectivity index (χ1v) is 8.34. The van der Waals surface area contributed by atoms with Crippen molar-refractivity contribution in [1.29, 1.82) is 0 Å². The molecule has 0 unspecified atom stereocenters. The average Bonchev–Trinajstić information content (AvgIpc) is 2.50. The zero-order chi connectivity index (χ0) is 15.2. The summed E-state index contributed by atoms with van der Waals surface area (Å²) in [5, 5.41) is 2.98. The number of benzene rings is 1. The van der Waals surface area contributed by atoms with Gasteiger partial charge in [-0.05, 0) is 37.8 Å². The minimum absolute atomic E-state index is 0.0762. The SMILES string of the molecule is O=C(C[NH+]1CCCCCCC1)Nc1ccc2c(c1)OCCO2. The number of hydrogen-bond acceptors (Lipinski definition) is 3. The number of rotatable bonds is 3. The third-order valence-corrected chi connectivity index (χ3v) is 4.30. The molecule has 3 rings (SSSR count). The van der Waals surface area contributed by atoms with Gasteiger partial charge in [0.25, 0.3) is 5.91 Å². The topological polar surface area (TPSA) is 52.0 Å². The molecular weight excluding hydrogens is 280 g/mol. The van der Waals surface area contributed by atoms with Gasteiger partial charge < -0.3 is 19.7 Å². The van der Waals surface area contributed by atoms with Crippen LogP contribution in [0.3, 0.4) is 0 Å². The van der Waals surface area contributed by atoms with E-state index in [1.165, 1.54) is 37.0 Å². The van der Waals surface area contributed by atoms with Crippen LogP contribution >= 0.6 is 0 Å². The van der Waals surface area contributed by atoms with E-state index in [0.717, 1.165) is 24.5 Å². The first kappa shape index (κ1) is 15.2. The summed E-state index contributed by atoms with van der Waals surface area (Å²) < 4.78 is 11.0. The molecular formula is C17H25N2O3+. The van der Waals surface area contributed by atoms with Crippen LogP contribution in [0.15, 0.2) is 18.2 Å². The van der Waals surface area contributed by atoms with Crippen molar-refractivity contribution in [2.24, 2.45) is 0 Å². The number of hydrogen-bond donors (Lipinski definition) is 2. The van der Waals surface area contributed by atoms with Gasteiger partial charge in [0.1, 0.15) is 13.2 Å². The van der Waals surface area contributed by atoms with Gasteiger partial charge in [0, 0.05) is 11.8 Å². The smallest absolute Gasteiger partial charge is 0.279 e. The maximum atomic E-state index is 12.2. The Kier molecular flexibility index (Phi) is 5.16. The predicted molar refractivity (Wildman–Crippen MR) is 84.7 cm³/mol. The van der Waals surface area contributed by atoms with E-state index in [0.29, 0.717) is 25.5 Å². The fourth-order valence-corrected chi connectivity index (χ4v) is 3.14. The van der Waals surface area contributed by atoms with E-state index in [4.69, 9.17) is 9.47 Å². The molecule has 2 heterocycles. The molecule has 5 nitrogen and oxygen atoms in total. The second-order valence-corrected chi connectivity index (χ2v) is 6.10. The maximum Gasteiger partial charge on any atom is 0.279 e. The predicted octanol–water partition coefficient (Wildman–Crippen LogP) is 1.25. The molecule has 0 spiro atoms. The number of carbonyl (C=O) groups excluding carboxylic acids is 1. The molecule has 5 heteroatoms. The number of likely N-dealkylation sites (tertiary alicyclic amines) is 1. The Bertz CT molecular complexity index is 511. The molecule has 1 amide bonds. The van der Waals surface area contributed by atoms with Crippen LogP contribution in [0.4, 0.5) is 5.69 Å². The van der Waals surface area contributed by atoms with Crippen molar-refractivity contribution in [3.63, 3.8) is 0 Å². The highest BCUT2D eigenvalue weighted by molar-refractivity contribution is 5.91. The Labute approximate surface area is 131 Å². The summed E-state index contributed by atoms with van der Waals surface area (Å²) in [5.74, 6) is 1.54. The lowest BCUT2D eigenvalue weighted by Gasteiger charge is -2.22. The summed E-state index contributed by atoms with van der Waals surface area (Å²) in [7, 11) is 0. The highest BCUT2D eigenvalue weighted by Crippen LogP contribution is 2.32. The van der Waals surface area contributed by atoms with Crippen molar-refractivity contribution in [3.05, 3.63) is 18.2 Å². The first-order chi connectivity index (χ1) is 10.8. The molecule has 2 aliphatic rings. The number of amides is 1. The largest absolute Gasteiger partial charge is 0.486 e. The van der Waals surface area contributed by atoms with E-state index < -0.39 is 0 Å². The molecule has 1 aromatic rings. The van der Waals surface area contributed by atoms with Gasteiger partial charge in [0.05, 0.1) is 13.1 Å². The molecule has 120 valence electrons. The zero-order valence-electron chi connectivity index (χ0n) is 13.0. The Morgan fingerprint density at radius 3 is 2.45 bits per heavy atom. The van der Waals surface area contributed by atoms with Gasteiger partial charge in [-0.2, -0.15) is 0 Å². The van der Waals surface area contributed by atoms with Gasteiger partial charge in [0.2, 0.25) is 0 Å². The zero-order valence-corrected chi connectivity index (χ0v) is 13.0. The van der Waals surface area contributed by atoms with Gasteiger partial charge >= 0.3 is 0 Å². The summed E-state index contributed by atoms with van der Waals surface area (Å²) in [4.78, 5) is 13.6. The van der Waals surface area contributed by atoms with Crippen LogP contribution in [0.2, 0.25) is 0 Å².